The summed E-state index contributed by atoms with van der Waals surface area (Å²) >= 11 is 1.28. The molecule has 0 unspecified atom stereocenters. The van der Waals surface area contributed by atoms with E-state index in [0.717, 1.165) is 17.8 Å². The standard InChI is InChI=1S/C18H15F3N4OS/c1-12(26)23-15-6-3-7-16(9-15)25-11-22-24-17(25)27-10-13-4-2-5-14(8-13)18(19,20)21/h2-9,11H,10H2,1H3,(H,23,26). The third kappa shape index (κ3) is 4.88. The summed E-state index contributed by atoms with van der Waals surface area (Å²) in [4.78, 5) is 11.2. The molecule has 3 aromatic rings. The predicted molar refractivity (Wildman–Crippen MR) is 96.7 cm³/mol. The van der Waals surface area contributed by atoms with Crippen molar-refractivity contribution in [3.8, 4) is 5.69 Å². The van der Waals surface area contributed by atoms with Gasteiger partial charge in [0.25, 0.3) is 0 Å². The second-order valence-electron chi connectivity index (χ2n) is 5.70. The van der Waals surface area contributed by atoms with Crippen LogP contribution in [0, 0.1) is 0 Å². The Morgan fingerprint density at radius 1 is 1.19 bits per heavy atom. The first-order chi connectivity index (χ1) is 12.8. The minimum absolute atomic E-state index is 0.185. The number of anilines is 1. The third-order valence-corrected chi connectivity index (χ3v) is 4.60. The van der Waals surface area contributed by atoms with Gasteiger partial charge in [-0.05, 0) is 29.8 Å². The fourth-order valence-corrected chi connectivity index (χ4v) is 3.29. The van der Waals surface area contributed by atoms with Crippen molar-refractivity contribution >= 4 is 23.4 Å². The Kier molecular flexibility index (Phi) is 5.50. The van der Waals surface area contributed by atoms with Crippen LogP contribution in [0.15, 0.2) is 60.0 Å². The molecule has 1 aromatic heterocycles. The van der Waals surface area contributed by atoms with E-state index < -0.39 is 11.7 Å². The molecular weight excluding hydrogens is 377 g/mol. The lowest BCUT2D eigenvalue weighted by molar-refractivity contribution is -0.137. The van der Waals surface area contributed by atoms with Crippen molar-refractivity contribution in [2.45, 2.75) is 24.0 Å². The van der Waals surface area contributed by atoms with Gasteiger partial charge in [0.05, 0.1) is 11.3 Å². The Hall–Kier alpha value is -2.81. The first-order valence-corrected chi connectivity index (χ1v) is 8.88. The molecule has 0 aliphatic rings. The van der Waals surface area contributed by atoms with E-state index in [-0.39, 0.29) is 5.91 Å². The number of thioether (sulfide) groups is 1. The van der Waals surface area contributed by atoms with Crippen molar-refractivity contribution < 1.29 is 18.0 Å². The number of carbonyl (C=O) groups is 1. The number of rotatable bonds is 5. The minimum Gasteiger partial charge on any atom is -0.326 e. The number of carbonyl (C=O) groups excluding carboxylic acids is 1. The molecule has 2 aromatic carbocycles. The molecular formula is C18H15F3N4OS. The number of nitrogens with one attached hydrogen (secondary N) is 1. The van der Waals surface area contributed by atoms with Crippen molar-refractivity contribution in [2.24, 2.45) is 0 Å². The molecule has 140 valence electrons. The molecule has 0 atom stereocenters. The van der Waals surface area contributed by atoms with Crippen molar-refractivity contribution in [3.63, 3.8) is 0 Å². The molecule has 0 bridgehead atoms. The van der Waals surface area contributed by atoms with Crippen LogP contribution in [0.5, 0.6) is 0 Å². The van der Waals surface area contributed by atoms with Crippen LogP contribution < -0.4 is 5.32 Å². The lowest BCUT2D eigenvalue weighted by atomic mass is 10.1. The minimum atomic E-state index is -4.37. The summed E-state index contributed by atoms with van der Waals surface area (Å²) in [6.45, 7) is 1.42. The lowest BCUT2D eigenvalue weighted by Crippen LogP contribution is -2.06. The fourth-order valence-electron chi connectivity index (χ4n) is 2.42. The number of benzene rings is 2. The Balaban J connectivity index is 1.78. The van der Waals surface area contributed by atoms with Crippen LogP contribution in [-0.2, 0) is 16.7 Å². The van der Waals surface area contributed by atoms with E-state index in [1.165, 1.54) is 31.1 Å². The molecule has 1 N–H and O–H groups in total. The maximum atomic E-state index is 12.8. The molecule has 9 heteroatoms. The highest BCUT2D eigenvalue weighted by molar-refractivity contribution is 7.98. The highest BCUT2D eigenvalue weighted by atomic mass is 32.2. The summed E-state index contributed by atoms with van der Waals surface area (Å²) in [5.74, 6) is 0.128. The van der Waals surface area contributed by atoms with Gasteiger partial charge in [-0.1, -0.05) is 36.0 Å². The van der Waals surface area contributed by atoms with Gasteiger partial charge in [-0.2, -0.15) is 13.2 Å². The van der Waals surface area contributed by atoms with Gasteiger partial charge >= 0.3 is 6.18 Å². The van der Waals surface area contributed by atoms with Gasteiger partial charge in [0.1, 0.15) is 6.33 Å². The van der Waals surface area contributed by atoms with E-state index >= 15 is 0 Å². The molecule has 27 heavy (non-hydrogen) atoms. The monoisotopic (exact) mass is 392 g/mol. The molecule has 5 nitrogen and oxygen atoms in total. The van der Waals surface area contributed by atoms with E-state index in [0.29, 0.717) is 22.2 Å². The Bertz CT molecular complexity index is 956. The molecule has 0 spiro atoms. The molecule has 0 saturated carbocycles. The molecule has 1 heterocycles. The number of alkyl halides is 3. The highest BCUT2D eigenvalue weighted by Crippen LogP contribution is 2.31. The molecule has 0 aliphatic heterocycles. The molecule has 1 amide bonds. The number of nitrogens with zero attached hydrogens (tertiary/aromatic N) is 3. The summed E-state index contributed by atoms with van der Waals surface area (Å²) < 4.78 is 40.2. The van der Waals surface area contributed by atoms with E-state index in [1.807, 2.05) is 6.07 Å². The Labute approximate surface area is 157 Å². The number of hydrogen-bond donors (Lipinski definition) is 1. The second kappa shape index (κ2) is 7.83. The van der Waals surface area contributed by atoms with E-state index in [1.54, 1.807) is 28.8 Å². The topological polar surface area (TPSA) is 59.8 Å². The summed E-state index contributed by atoms with van der Waals surface area (Å²) in [5, 5.41) is 11.2. The molecule has 0 radical (unpaired) electrons. The van der Waals surface area contributed by atoms with Crippen LogP contribution in [0.25, 0.3) is 5.69 Å². The van der Waals surface area contributed by atoms with Crippen LogP contribution in [0.3, 0.4) is 0 Å². The fraction of sp³-hybridized carbons (Fsp3) is 0.167. The zero-order valence-electron chi connectivity index (χ0n) is 14.2. The first-order valence-electron chi connectivity index (χ1n) is 7.90. The zero-order valence-corrected chi connectivity index (χ0v) is 15.0. The number of hydrogen-bond acceptors (Lipinski definition) is 4. The SMILES string of the molecule is CC(=O)Nc1cccc(-n2cnnc2SCc2cccc(C(F)(F)F)c2)c1. The molecule has 0 fully saturated rings. The van der Waals surface area contributed by atoms with E-state index in [9.17, 15) is 18.0 Å². The maximum Gasteiger partial charge on any atom is 0.416 e. The number of amides is 1. The van der Waals surface area contributed by atoms with E-state index in [2.05, 4.69) is 15.5 Å². The van der Waals surface area contributed by atoms with Crippen LogP contribution in [0.4, 0.5) is 18.9 Å². The normalized spacial score (nSPS) is 11.4. The first kappa shape index (κ1) is 19.0. The van der Waals surface area contributed by atoms with Crippen LogP contribution in [0.1, 0.15) is 18.1 Å². The van der Waals surface area contributed by atoms with Gasteiger partial charge in [0, 0.05) is 18.4 Å². The molecule has 0 aliphatic carbocycles. The van der Waals surface area contributed by atoms with Crippen molar-refractivity contribution in [1.29, 1.82) is 0 Å². The second-order valence-corrected chi connectivity index (χ2v) is 6.64. The van der Waals surface area contributed by atoms with Gasteiger partial charge in [-0.15, -0.1) is 10.2 Å². The van der Waals surface area contributed by atoms with Crippen molar-refractivity contribution in [3.05, 3.63) is 66.0 Å². The van der Waals surface area contributed by atoms with E-state index in [4.69, 9.17) is 0 Å². The van der Waals surface area contributed by atoms with Crippen LogP contribution >= 0.6 is 11.8 Å². The zero-order chi connectivity index (χ0) is 19.4. The Morgan fingerprint density at radius 2 is 1.96 bits per heavy atom. The summed E-state index contributed by atoms with van der Waals surface area (Å²) in [6, 6.07) is 12.3. The quantitative estimate of drug-likeness (QED) is 0.648. The van der Waals surface area contributed by atoms with Gasteiger partial charge in [0.2, 0.25) is 5.91 Å². The van der Waals surface area contributed by atoms with Crippen molar-refractivity contribution in [1.82, 2.24) is 14.8 Å². The van der Waals surface area contributed by atoms with Gasteiger partial charge in [-0.3, -0.25) is 9.36 Å². The third-order valence-electron chi connectivity index (χ3n) is 3.58. The summed E-state index contributed by atoms with van der Waals surface area (Å²) in [6.07, 6.45) is -2.85. The highest BCUT2D eigenvalue weighted by Gasteiger charge is 2.30. The van der Waals surface area contributed by atoms with Gasteiger partial charge < -0.3 is 5.32 Å². The summed E-state index contributed by atoms with van der Waals surface area (Å²) in [7, 11) is 0. The van der Waals surface area contributed by atoms with Crippen LogP contribution in [-0.4, -0.2) is 20.7 Å². The van der Waals surface area contributed by atoms with Gasteiger partial charge in [0.15, 0.2) is 5.16 Å². The van der Waals surface area contributed by atoms with Crippen molar-refractivity contribution in [2.75, 3.05) is 5.32 Å². The number of halogens is 3. The lowest BCUT2D eigenvalue weighted by Gasteiger charge is -2.10. The average Bonchev–Trinajstić information content (AvgIpc) is 3.08. The smallest absolute Gasteiger partial charge is 0.326 e. The molecule has 3 rings (SSSR count). The van der Waals surface area contributed by atoms with Gasteiger partial charge in [-0.25, -0.2) is 0 Å². The largest absolute Gasteiger partial charge is 0.416 e. The average molecular weight is 392 g/mol. The predicted octanol–water partition coefficient (Wildman–Crippen LogP) is 4.54. The number of aromatic nitrogens is 3. The Morgan fingerprint density at radius 3 is 2.70 bits per heavy atom. The maximum absolute atomic E-state index is 12.8. The molecule has 0 saturated heterocycles. The summed E-state index contributed by atoms with van der Waals surface area (Å²) in [5.41, 5.74) is 1.22. The van der Waals surface area contributed by atoms with Crippen LogP contribution in [0.2, 0.25) is 0 Å².